The molecule has 0 aromatic heterocycles. The number of aryl methyl sites for hydroxylation is 1. The monoisotopic (exact) mass is 304 g/mol. The molecule has 0 aliphatic heterocycles. The standard InChI is InChI=1S/C11H10ClF5O2/c12-5-1-2-7-6-8(18-10(13)14)3-4-9(7)19-11(15,16)17/h3-4,6,10H,1-2,5H2. The fourth-order valence-corrected chi connectivity index (χ4v) is 1.54. The van der Waals surface area contributed by atoms with E-state index in [1.54, 1.807) is 0 Å². The third-order valence-corrected chi connectivity index (χ3v) is 2.33. The van der Waals surface area contributed by atoms with Crippen molar-refractivity contribution in [2.75, 3.05) is 5.88 Å². The summed E-state index contributed by atoms with van der Waals surface area (Å²) in [6.07, 6.45) is -4.30. The van der Waals surface area contributed by atoms with Crippen molar-refractivity contribution in [2.45, 2.75) is 25.8 Å². The Balaban J connectivity index is 2.95. The van der Waals surface area contributed by atoms with Gasteiger partial charge in [0, 0.05) is 5.88 Å². The molecule has 0 radical (unpaired) electrons. The topological polar surface area (TPSA) is 18.5 Å². The minimum atomic E-state index is -4.85. The predicted molar refractivity (Wildman–Crippen MR) is 58.8 cm³/mol. The van der Waals surface area contributed by atoms with Crippen molar-refractivity contribution in [3.63, 3.8) is 0 Å². The van der Waals surface area contributed by atoms with Crippen molar-refractivity contribution in [1.29, 1.82) is 0 Å². The van der Waals surface area contributed by atoms with Gasteiger partial charge in [0.2, 0.25) is 0 Å². The van der Waals surface area contributed by atoms with E-state index < -0.39 is 18.7 Å². The fourth-order valence-electron chi connectivity index (χ4n) is 1.41. The Hall–Kier alpha value is -1.24. The minimum Gasteiger partial charge on any atom is -0.435 e. The van der Waals surface area contributed by atoms with Gasteiger partial charge in [-0.1, -0.05) is 0 Å². The molecule has 0 atom stereocenters. The third kappa shape index (κ3) is 5.96. The highest BCUT2D eigenvalue weighted by Crippen LogP contribution is 2.31. The Labute approximate surface area is 111 Å². The second kappa shape index (κ2) is 6.79. The van der Waals surface area contributed by atoms with Crippen LogP contribution in [-0.2, 0) is 6.42 Å². The number of alkyl halides is 6. The largest absolute Gasteiger partial charge is 0.573 e. The highest BCUT2D eigenvalue weighted by Gasteiger charge is 2.32. The molecule has 0 fully saturated rings. The first-order chi connectivity index (χ1) is 8.81. The number of ether oxygens (including phenoxy) is 2. The van der Waals surface area contributed by atoms with Gasteiger partial charge in [0.05, 0.1) is 0 Å². The first-order valence-corrected chi connectivity index (χ1v) is 5.74. The zero-order valence-electron chi connectivity index (χ0n) is 9.52. The van der Waals surface area contributed by atoms with Crippen LogP contribution < -0.4 is 9.47 Å². The molecule has 0 spiro atoms. The maximum Gasteiger partial charge on any atom is 0.573 e. The number of hydrogen-bond donors (Lipinski definition) is 0. The molecule has 1 aromatic carbocycles. The summed E-state index contributed by atoms with van der Waals surface area (Å²) >= 11 is 5.45. The van der Waals surface area contributed by atoms with E-state index in [9.17, 15) is 22.0 Å². The second-order valence-electron chi connectivity index (χ2n) is 3.49. The molecule has 0 N–H and O–H groups in total. The van der Waals surface area contributed by atoms with Gasteiger partial charge in [-0.2, -0.15) is 8.78 Å². The quantitative estimate of drug-likeness (QED) is 0.574. The van der Waals surface area contributed by atoms with Gasteiger partial charge in [-0.15, -0.1) is 24.8 Å². The molecule has 0 saturated carbocycles. The van der Waals surface area contributed by atoms with Crippen molar-refractivity contribution in [2.24, 2.45) is 0 Å². The maximum atomic E-state index is 12.2. The SMILES string of the molecule is FC(F)Oc1ccc(OC(F)(F)F)c(CCCCl)c1. The van der Waals surface area contributed by atoms with Crippen molar-refractivity contribution < 1.29 is 31.4 Å². The Bertz CT molecular complexity index is 409. The van der Waals surface area contributed by atoms with Gasteiger partial charge >= 0.3 is 13.0 Å². The third-order valence-electron chi connectivity index (χ3n) is 2.06. The van der Waals surface area contributed by atoms with Crippen LogP contribution in [0.1, 0.15) is 12.0 Å². The Morgan fingerprint density at radius 2 is 1.89 bits per heavy atom. The van der Waals surface area contributed by atoms with Gasteiger partial charge in [0.1, 0.15) is 11.5 Å². The summed E-state index contributed by atoms with van der Waals surface area (Å²) in [5.41, 5.74) is 0.108. The van der Waals surface area contributed by atoms with Crippen LogP contribution in [0, 0.1) is 0 Å². The Morgan fingerprint density at radius 1 is 1.21 bits per heavy atom. The van der Waals surface area contributed by atoms with Crippen LogP contribution in [0.25, 0.3) is 0 Å². The lowest BCUT2D eigenvalue weighted by Crippen LogP contribution is -2.18. The lowest BCUT2D eigenvalue weighted by atomic mass is 10.1. The average molecular weight is 305 g/mol. The van der Waals surface area contributed by atoms with E-state index in [4.69, 9.17) is 11.6 Å². The zero-order valence-corrected chi connectivity index (χ0v) is 10.3. The van der Waals surface area contributed by atoms with Gasteiger partial charge < -0.3 is 9.47 Å². The summed E-state index contributed by atoms with van der Waals surface area (Å²) in [7, 11) is 0. The molecular weight excluding hydrogens is 295 g/mol. The Morgan fingerprint density at radius 3 is 2.42 bits per heavy atom. The van der Waals surface area contributed by atoms with Gasteiger partial charge in [-0.25, -0.2) is 0 Å². The molecule has 0 bridgehead atoms. The lowest BCUT2D eigenvalue weighted by molar-refractivity contribution is -0.274. The highest BCUT2D eigenvalue weighted by molar-refractivity contribution is 6.17. The smallest absolute Gasteiger partial charge is 0.435 e. The molecule has 0 aliphatic carbocycles. The van der Waals surface area contributed by atoms with Crippen LogP contribution >= 0.6 is 11.6 Å². The number of hydrogen-bond acceptors (Lipinski definition) is 2. The molecule has 1 aromatic rings. The zero-order chi connectivity index (χ0) is 14.5. The number of benzene rings is 1. The number of rotatable bonds is 6. The van der Waals surface area contributed by atoms with Crippen molar-refractivity contribution >= 4 is 11.6 Å². The molecule has 0 aliphatic rings. The Kier molecular flexibility index (Phi) is 5.65. The van der Waals surface area contributed by atoms with Crippen molar-refractivity contribution in [3.05, 3.63) is 23.8 Å². The summed E-state index contributed by atoms with van der Waals surface area (Å²) < 4.78 is 68.4. The van der Waals surface area contributed by atoms with E-state index >= 15 is 0 Å². The molecule has 0 amide bonds. The van der Waals surface area contributed by atoms with Crippen molar-refractivity contribution in [1.82, 2.24) is 0 Å². The van der Waals surface area contributed by atoms with Crippen LogP contribution in [0.4, 0.5) is 22.0 Å². The van der Waals surface area contributed by atoms with Crippen LogP contribution in [0.2, 0.25) is 0 Å². The maximum absolute atomic E-state index is 12.2. The molecule has 0 saturated heterocycles. The highest BCUT2D eigenvalue weighted by atomic mass is 35.5. The van der Waals surface area contributed by atoms with Gasteiger partial charge in [-0.05, 0) is 36.6 Å². The molecule has 0 heterocycles. The summed E-state index contributed by atoms with van der Waals surface area (Å²) in [5, 5.41) is 0. The fraction of sp³-hybridized carbons (Fsp3) is 0.455. The van der Waals surface area contributed by atoms with Gasteiger partial charge in [0.15, 0.2) is 0 Å². The summed E-state index contributed by atoms with van der Waals surface area (Å²) in [5.74, 6) is -0.445. The minimum absolute atomic E-state index is 0.108. The summed E-state index contributed by atoms with van der Waals surface area (Å²) in [6, 6.07) is 3.01. The molecule has 1 rings (SSSR count). The number of halogens is 6. The van der Waals surface area contributed by atoms with E-state index in [0.717, 1.165) is 18.2 Å². The molecule has 108 valence electrons. The molecule has 2 nitrogen and oxygen atoms in total. The van der Waals surface area contributed by atoms with Gasteiger partial charge in [0.25, 0.3) is 0 Å². The van der Waals surface area contributed by atoms with Crippen molar-refractivity contribution in [3.8, 4) is 11.5 Å². The molecule has 0 unspecified atom stereocenters. The predicted octanol–water partition coefficient (Wildman–Crippen LogP) is 4.36. The van der Waals surface area contributed by atoms with Crippen LogP contribution in [0.5, 0.6) is 11.5 Å². The summed E-state index contributed by atoms with van der Waals surface area (Å²) in [4.78, 5) is 0. The molecule has 8 heteroatoms. The van der Waals surface area contributed by atoms with Crippen LogP contribution in [0.15, 0.2) is 18.2 Å². The molecule has 19 heavy (non-hydrogen) atoms. The van der Waals surface area contributed by atoms with E-state index in [0.29, 0.717) is 6.42 Å². The normalized spacial score (nSPS) is 11.7. The molecular formula is C11H10ClF5O2. The van der Waals surface area contributed by atoms with Gasteiger partial charge in [-0.3, -0.25) is 0 Å². The summed E-state index contributed by atoms with van der Waals surface area (Å²) in [6.45, 7) is -3.05. The van der Waals surface area contributed by atoms with Crippen LogP contribution in [0.3, 0.4) is 0 Å². The van der Waals surface area contributed by atoms with E-state index in [1.165, 1.54) is 0 Å². The average Bonchev–Trinajstić information content (AvgIpc) is 2.26. The van der Waals surface area contributed by atoms with E-state index in [1.807, 2.05) is 0 Å². The van der Waals surface area contributed by atoms with E-state index in [-0.39, 0.29) is 23.6 Å². The first-order valence-electron chi connectivity index (χ1n) is 5.21. The van der Waals surface area contributed by atoms with E-state index in [2.05, 4.69) is 9.47 Å². The lowest BCUT2D eigenvalue weighted by Gasteiger charge is -2.14. The first kappa shape index (κ1) is 15.8. The second-order valence-corrected chi connectivity index (χ2v) is 3.87. The van der Waals surface area contributed by atoms with Crippen LogP contribution in [-0.4, -0.2) is 18.9 Å².